The molecular formula is C18H26IN5. The van der Waals surface area contributed by atoms with Crippen molar-refractivity contribution >= 4 is 29.9 Å². The number of benzene rings is 1. The number of imidazole rings is 1. The van der Waals surface area contributed by atoms with E-state index in [1.807, 2.05) is 25.8 Å². The smallest absolute Gasteiger partial charge is 0.193 e. The summed E-state index contributed by atoms with van der Waals surface area (Å²) in [5, 5.41) is 3.46. The summed E-state index contributed by atoms with van der Waals surface area (Å²) in [5.74, 6) is 1.73. The van der Waals surface area contributed by atoms with Gasteiger partial charge in [0.15, 0.2) is 5.96 Å². The summed E-state index contributed by atoms with van der Waals surface area (Å²) in [6.45, 7) is 3.94. The van der Waals surface area contributed by atoms with Crippen molar-refractivity contribution in [2.75, 3.05) is 26.7 Å². The maximum atomic E-state index is 4.44. The van der Waals surface area contributed by atoms with E-state index in [9.17, 15) is 0 Å². The number of rotatable bonds is 5. The highest BCUT2D eigenvalue weighted by atomic mass is 127. The molecule has 6 heteroatoms. The highest BCUT2D eigenvalue weighted by molar-refractivity contribution is 14.0. The molecule has 1 saturated heterocycles. The molecule has 1 aliphatic rings. The molecule has 0 saturated carbocycles. The summed E-state index contributed by atoms with van der Waals surface area (Å²) in [6.07, 6.45) is 8.02. The van der Waals surface area contributed by atoms with Crippen molar-refractivity contribution in [2.45, 2.75) is 19.4 Å². The van der Waals surface area contributed by atoms with E-state index in [-0.39, 0.29) is 24.0 Å². The summed E-state index contributed by atoms with van der Waals surface area (Å²) < 4.78 is 2.07. The van der Waals surface area contributed by atoms with E-state index in [0.29, 0.717) is 5.92 Å². The van der Waals surface area contributed by atoms with Crippen molar-refractivity contribution in [3.05, 3.63) is 54.6 Å². The number of hydrogen-bond donors (Lipinski definition) is 1. The van der Waals surface area contributed by atoms with E-state index in [2.05, 4.69) is 55.1 Å². The number of halogens is 1. The van der Waals surface area contributed by atoms with Crippen LogP contribution in [0.25, 0.3) is 0 Å². The van der Waals surface area contributed by atoms with Crippen molar-refractivity contribution in [1.29, 1.82) is 0 Å². The molecule has 0 bridgehead atoms. The quantitative estimate of drug-likeness (QED) is 0.443. The number of guanidine groups is 1. The third-order valence-electron chi connectivity index (χ3n) is 4.38. The lowest BCUT2D eigenvalue weighted by atomic mass is 9.99. The Bertz CT molecular complexity index is 612. The fraction of sp³-hybridized carbons (Fsp3) is 0.444. The van der Waals surface area contributed by atoms with Crippen molar-refractivity contribution in [3.63, 3.8) is 0 Å². The van der Waals surface area contributed by atoms with E-state index in [4.69, 9.17) is 0 Å². The second-order valence-electron chi connectivity index (χ2n) is 6.06. The average molecular weight is 439 g/mol. The van der Waals surface area contributed by atoms with Gasteiger partial charge in [-0.1, -0.05) is 30.3 Å². The highest BCUT2D eigenvalue weighted by Crippen LogP contribution is 2.20. The first-order valence-electron chi connectivity index (χ1n) is 8.30. The predicted octanol–water partition coefficient (Wildman–Crippen LogP) is 2.64. The number of nitrogens with one attached hydrogen (secondary N) is 1. The van der Waals surface area contributed by atoms with Crippen LogP contribution in [0.1, 0.15) is 12.0 Å². The summed E-state index contributed by atoms with van der Waals surface area (Å²) in [7, 11) is 1.87. The van der Waals surface area contributed by atoms with Gasteiger partial charge < -0.3 is 14.8 Å². The van der Waals surface area contributed by atoms with Crippen LogP contribution in [-0.4, -0.2) is 47.1 Å². The van der Waals surface area contributed by atoms with Crippen LogP contribution in [0.5, 0.6) is 0 Å². The molecule has 5 nitrogen and oxygen atoms in total. The standard InChI is InChI=1S/C18H25N5.HI/c1-19-18(21-9-12-22-11-8-20-15-22)23-10-7-17(14-23)13-16-5-3-2-4-6-16;/h2-6,8,11,15,17H,7,9-10,12-14H2,1H3,(H,19,21);1H. The largest absolute Gasteiger partial charge is 0.354 e. The number of hydrogen-bond acceptors (Lipinski definition) is 2. The minimum Gasteiger partial charge on any atom is -0.354 e. The van der Waals surface area contributed by atoms with Crippen molar-refractivity contribution in [1.82, 2.24) is 19.8 Å². The maximum Gasteiger partial charge on any atom is 0.193 e. The van der Waals surface area contributed by atoms with Crippen LogP contribution in [-0.2, 0) is 13.0 Å². The third-order valence-corrected chi connectivity index (χ3v) is 4.38. The molecule has 0 radical (unpaired) electrons. The monoisotopic (exact) mass is 439 g/mol. The first-order valence-corrected chi connectivity index (χ1v) is 8.30. The van der Waals surface area contributed by atoms with Gasteiger partial charge in [0.25, 0.3) is 0 Å². The van der Waals surface area contributed by atoms with Crippen LogP contribution in [0.15, 0.2) is 54.0 Å². The molecule has 1 unspecified atom stereocenters. The number of likely N-dealkylation sites (tertiary alicyclic amines) is 1. The van der Waals surface area contributed by atoms with Crippen molar-refractivity contribution in [3.8, 4) is 0 Å². The van der Waals surface area contributed by atoms with Crippen LogP contribution < -0.4 is 5.32 Å². The Morgan fingerprint density at radius 3 is 2.88 bits per heavy atom. The summed E-state index contributed by atoms with van der Waals surface area (Å²) in [4.78, 5) is 10.9. The Morgan fingerprint density at radius 2 is 2.17 bits per heavy atom. The zero-order chi connectivity index (χ0) is 15.9. The molecule has 1 aromatic heterocycles. The molecule has 1 aliphatic heterocycles. The molecular weight excluding hydrogens is 413 g/mol. The Balaban J connectivity index is 0.00000208. The van der Waals surface area contributed by atoms with Crippen molar-refractivity contribution in [2.24, 2.45) is 10.9 Å². The predicted molar refractivity (Wildman–Crippen MR) is 109 cm³/mol. The van der Waals surface area contributed by atoms with Gasteiger partial charge in [-0.3, -0.25) is 4.99 Å². The fourth-order valence-electron chi connectivity index (χ4n) is 3.19. The molecule has 0 spiro atoms. The Kier molecular flexibility index (Phi) is 7.55. The lowest BCUT2D eigenvalue weighted by Gasteiger charge is -2.22. The molecule has 0 amide bonds. The minimum atomic E-state index is 0. The molecule has 2 heterocycles. The van der Waals surface area contributed by atoms with Gasteiger partial charge in [0.2, 0.25) is 0 Å². The molecule has 1 fully saturated rings. The minimum absolute atomic E-state index is 0. The first kappa shape index (κ1) is 18.8. The van der Waals surface area contributed by atoms with E-state index < -0.39 is 0 Å². The van der Waals surface area contributed by atoms with E-state index in [0.717, 1.165) is 38.6 Å². The molecule has 1 N–H and O–H groups in total. The van der Waals surface area contributed by atoms with Gasteiger partial charge in [-0.15, -0.1) is 24.0 Å². The fourth-order valence-corrected chi connectivity index (χ4v) is 3.19. The molecule has 1 aromatic carbocycles. The van der Waals surface area contributed by atoms with Gasteiger partial charge in [-0.05, 0) is 24.3 Å². The van der Waals surface area contributed by atoms with E-state index in [1.54, 1.807) is 0 Å². The van der Waals surface area contributed by atoms with Gasteiger partial charge >= 0.3 is 0 Å². The third kappa shape index (κ3) is 5.22. The molecule has 3 rings (SSSR count). The molecule has 0 aliphatic carbocycles. The Labute approximate surface area is 161 Å². The first-order chi connectivity index (χ1) is 11.3. The zero-order valence-corrected chi connectivity index (χ0v) is 16.5. The molecule has 2 aromatic rings. The normalized spacial score (nSPS) is 17.6. The lowest BCUT2D eigenvalue weighted by molar-refractivity contribution is 0.457. The van der Waals surface area contributed by atoms with Crippen LogP contribution in [0.3, 0.4) is 0 Å². The second kappa shape index (κ2) is 9.66. The van der Waals surface area contributed by atoms with Gasteiger partial charge in [0.05, 0.1) is 6.33 Å². The Hall–Kier alpha value is -1.57. The molecule has 1 atom stereocenters. The number of aromatic nitrogens is 2. The molecule has 24 heavy (non-hydrogen) atoms. The highest BCUT2D eigenvalue weighted by Gasteiger charge is 2.24. The van der Waals surface area contributed by atoms with Crippen LogP contribution >= 0.6 is 24.0 Å². The van der Waals surface area contributed by atoms with Crippen LogP contribution in [0.2, 0.25) is 0 Å². The van der Waals surface area contributed by atoms with E-state index in [1.165, 1.54) is 12.0 Å². The number of aliphatic imine (C=N–C) groups is 1. The average Bonchev–Trinajstić information content (AvgIpc) is 3.25. The zero-order valence-electron chi connectivity index (χ0n) is 14.1. The summed E-state index contributed by atoms with van der Waals surface area (Å²) in [5.41, 5.74) is 1.43. The maximum absolute atomic E-state index is 4.44. The Morgan fingerprint density at radius 1 is 1.33 bits per heavy atom. The van der Waals surface area contributed by atoms with Gasteiger partial charge in [0, 0.05) is 45.6 Å². The van der Waals surface area contributed by atoms with Crippen LogP contribution in [0, 0.1) is 5.92 Å². The van der Waals surface area contributed by atoms with Gasteiger partial charge in [0.1, 0.15) is 0 Å². The second-order valence-corrected chi connectivity index (χ2v) is 6.06. The van der Waals surface area contributed by atoms with Gasteiger partial charge in [-0.2, -0.15) is 0 Å². The molecule has 130 valence electrons. The summed E-state index contributed by atoms with van der Waals surface area (Å²) in [6, 6.07) is 10.8. The van der Waals surface area contributed by atoms with Crippen LogP contribution in [0.4, 0.5) is 0 Å². The number of nitrogens with zero attached hydrogens (tertiary/aromatic N) is 4. The van der Waals surface area contributed by atoms with E-state index >= 15 is 0 Å². The topological polar surface area (TPSA) is 45.5 Å². The SMILES string of the molecule is CN=C(NCCn1ccnc1)N1CCC(Cc2ccccc2)C1.I. The summed E-state index contributed by atoms with van der Waals surface area (Å²) >= 11 is 0. The van der Waals surface area contributed by atoms with Gasteiger partial charge in [-0.25, -0.2) is 4.98 Å². The lowest BCUT2D eigenvalue weighted by Crippen LogP contribution is -2.41. The van der Waals surface area contributed by atoms with Crippen molar-refractivity contribution < 1.29 is 0 Å².